The molecule has 0 N–H and O–H groups in total. The first kappa shape index (κ1) is 16.0. The lowest BCUT2D eigenvalue weighted by Gasteiger charge is -2.32. The van der Waals surface area contributed by atoms with Crippen LogP contribution in [-0.2, 0) is 27.2 Å². The molecule has 0 amide bonds. The normalized spacial score (nSPS) is 24.3. The van der Waals surface area contributed by atoms with Crippen molar-refractivity contribution in [3.05, 3.63) is 29.3 Å². The van der Waals surface area contributed by atoms with Gasteiger partial charge < -0.3 is 14.4 Å². The van der Waals surface area contributed by atoms with Crippen LogP contribution in [0.15, 0.2) is 18.2 Å². The van der Waals surface area contributed by atoms with Crippen LogP contribution in [0.5, 0.6) is 5.75 Å². The maximum atomic E-state index is 11.9. The number of Topliss-reactive ketones (excluding diaryl/α,β-unsaturated/α-hetero) is 1. The number of carbonyl (C=O) groups excluding carboxylic acids is 2. The molecule has 23 heavy (non-hydrogen) atoms. The van der Waals surface area contributed by atoms with Crippen LogP contribution in [0, 0.1) is 11.8 Å². The highest BCUT2D eigenvalue weighted by molar-refractivity contribution is 5.99. The van der Waals surface area contributed by atoms with Gasteiger partial charge in [0.2, 0.25) is 0 Å². The van der Waals surface area contributed by atoms with Crippen molar-refractivity contribution in [2.45, 2.75) is 19.3 Å². The topological polar surface area (TPSA) is 55.8 Å². The van der Waals surface area contributed by atoms with E-state index in [2.05, 4.69) is 17.0 Å². The number of piperidine rings is 1. The minimum atomic E-state index is -0.613. The van der Waals surface area contributed by atoms with Crippen molar-refractivity contribution in [3.8, 4) is 5.75 Å². The van der Waals surface area contributed by atoms with E-state index >= 15 is 0 Å². The Labute approximate surface area is 136 Å². The highest BCUT2D eigenvalue weighted by atomic mass is 16.5. The fourth-order valence-corrected chi connectivity index (χ4v) is 3.71. The van der Waals surface area contributed by atoms with Gasteiger partial charge in [-0.3, -0.25) is 9.59 Å². The van der Waals surface area contributed by atoms with E-state index in [0.29, 0.717) is 18.9 Å². The van der Waals surface area contributed by atoms with Crippen LogP contribution < -0.4 is 4.74 Å². The quantitative estimate of drug-likeness (QED) is 0.622. The largest absolute Gasteiger partial charge is 0.497 e. The first-order chi connectivity index (χ1) is 11.1. The third-order valence-electron chi connectivity index (χ3n) is 4.94. The van der Waals surface area contributed by atoms with Crippen molar-refractivity contribution in [2.24, 2.45) is 11.8 Å². The number of ketones is 1. The summed E-state index contributed by atoms with van der Waals surface area (Å²) in [5, 5.41) is 0. The Balaban J connectivity index is 1.60. The average Bonchev–Trinajstić information content (AvgIpc) is 2.97. The van der Waals surface area contributed by atoms with Gasteiger partial charge in [-0.05, 0) is 42.0 Å². The Morgan fingerprint density at radius 3 is 2.78 bits per heavy atom. The summed E-state index contributed by atoms with van der Waals surface area (Å²) in [7, 11) is 3.03. The molecule has 0 spiro atoms. The molecule has 0 radical (unpaired) electrons. The van der Waals surface area contributed by atoms with Crippen molar-refractivity contribution >= 4 is 11.8 Å². The van der Waals surface area contributed by atoms with Crippen LogP contribution in [0.2, 0.25) is 0 Å². The number of hydrogen-bond acceptors (Lipinski definition) is 5. The number of rotatable bonds is 4. The molecule has 1 aromatic rings. The molecule has 5 nitrogen and oxygen atoms in total. The minimum Gasteiger partial charge on any atom is -0.497 e. The predicted octanol–water partition coefficient (Wildman–Crippen LogP) is 1.47. The number of hydrogen-bond donors (Lipinski definition) is 0. The molecule has 1 aromatic carbocycles. The number of fused-ring (bicyclic) bond motifs is 1. The number of methoxy groups -OCH3 is 2. The van der Waals surface area contributed by atoms with Gasteiger partial charge in [-0.1, -0.05) is 6.07 Å². The number of carbonyl (C=O) groups is 2. The molecule has 2 aliphatic rings. The Kier molecular flexibility index (Phi) is 4.66. The number of likely N-dealkylation sites (tertiary alicyclic amines) is 1. The zero-order chi connectivity index (χ0) is 16.4. The van der Waals surface area contributed by atoms with Gasteiger partial charge in [0.1, 0.15) is 17.5 Å². The molecule has 0 aromatic heterocycles. The molecule has 1 fully saturated rings. The number of esters is 1. The standard InChI is InChI=1S/C18H23NO4/c1-22-15-4-3-13-7-12(8-14(13)9-15)10-19-6-5-17(20)16(11-19)18(21)23-2/h3-4,9,12,16H,5-8,10-11H2,1-2H3. The summed E-state index contributed by atoms with van der Waals surface area (Å²) in [5.74, 6) is 0.423. The third-order valence-corrected chi connectivity index (χ3v) is 4.94. The van der Waals surface area contributed by atoms with Crippen LogP contribution in [0.3, 0.4) is 0 Å². The average molecular weight is 317 g/mol. The number of ether oxygens (including phenoxy) is 2. The van der Waals surface area contributed by atoms with Crippen LogP contribution in [-0.4, -0.2) is 50.5 Å². The molecule has 0 saturated carbocycles. The van der Waals surface area contributed by atoms with Crippen molar-refractivity contribution in [1.29, 1.82) is 0 Å². The lowest BCUT2D eigenvalue weighted by atomic mass is 9.95. The van der Waals surface area contributed by atoms with Crippen molar-refractivity contribution < 1.29 is 19.1 Å². The molecule has 2 unspecified atom stereocenters. The Bertz CT molecular complexity index is 605. The molecule has 124 valence electrons. The molecule has 2 atom stereocenters. The Hall–Kier alpha value is -1.88. The summed E-state index contributed by atoms with van der Waals surface area (Å²) in [4.78, 5) is 25.8. The molecule has 5 heteroatoms. The lowest BCUT2D eigenvalue weighted by Crippen LogP contribution is -2.46. The maximum absolute atomic E-state index is 11.9. The summed E-state index contributed by atoms with van der Waals surface area (Å²) in [6.07, 6.45) is 2.51. The second-order valence-corrected chi connectivity index (χ2v) is 6.46. The van der Waals surface area contributed by atoms with E-state index in [1.807, 2.05) is 6.07 Å². The van der Waals surface area contributed by atoms with E-state index in [-0.39, 0.29) is 5.78 Å². The molecule has 1 saturated heterocycles. The van der Waals surface area contributed by atoms with E-state index in [0.717, 1.165) is 31.7 Å². The fourth-order valence-electron chi connectivity index (χ4n) is 3.71. The van der Waals surface area contributed by atoms with Crippen LogP contribution in [0.1, 0.15) is 17.5 Å². The van der Waals surface area contributed by atoms with E-state index in [4.69, 9.17) is 9.47 Å². The van der Waals surface area contributed by atoms with E-state index < -0.39 is 11.9 Å². The smallest absolute Gasteiger partial charge is 0.317 e. The van der Waals surface area contributed by atoms with Gasteiger partial charge in [-0.2, -0.15) is 0 Å². The SMILES string of the molecule is COC(=O)C1CN(CC2Cc3ccc(OC)cc3C2)CCC1=O. The van der Waals surface area contributed by atoms with E-state index in [1.165, 1.54) is 18.2 Å². The molecule has 1 aliphatic carbocycles. The molecule has 0 bridgehead atoms. The summed E-state index contributed by atoms with van der Waals surface area (Å²) < 4.78 is 10.0. The predicted molar refractivity (Wildman–Crippen MR) is 85.5 cm³/mol. The zero-order valence-electron chi connectivity index (χ0n) is 13.7. The monoisotopic (exact) mass is 317 g/mol. The summed E-state index contributed by atoms with van der Waals surface area (Å²) in [5.41, 5.74) is 2.74. The highest BCUT2D eigenvalue weighted by Crippen LogP contribution is 2.31. The van der Waals surface area contributed by atoms with Crippen molar-refractivity contribution in [1.82, 2.24) is 4.90 Å². The van der Waals surface area contributed by atoms with E-state index in [9.17, 15) is 9.59 Å². The first-order valence-electron chi connectivity index (χ1n) is 8.09. The van der Waals surface area contributed by atoms with Gasteiger partial charge in [0.15, 0.2) is 0 Å². The Morgan fingerprint density at radius 2 is 2.04 bits per heavy atom. The van der Waals surface area contributed by atoms with Crippen molar-refractivity contribution in [3.63, 3.8) is 0 Å². The summed E-state index contributed by atoms with van der Waals surface area (Å²) in [6.45, 7) is 2.14. The van der Waals surface area contributed by atoms with Crippen molar-refractivity contribution in [2.75, 3.05) is 33.9 Å². The molecule has 1 aliphatic heterocycles. The second kappa shape index (κ2) is 6.71. The van der Waals surface area contributed by atoms with E-state index in [1.54, 1.807) is 7.11 Å². The first-order valence-corrected chi connectivity index (χ1v) is 8.09. The van der Waals surface area contributed by atoms with Crippen LogP contribution >= 0.6 is 0 Å². The fraction of sp³-hybridized carbons (Fsp3) is 0.556. The molecular formula is C18H23NO4. The minimum absolute atomic E-state index is 0.00699. The molecule has 1 heterocycles. The molecule has 3 rings (SSSR count). The van der Waals surface area contributed by atoms with Gasteiger partial charge >= 0.3 is 5.97 Å². The van der Waals surface area contributed by atoms with Gasteiger partial charge in [0.25, 0.3) is 0 Å². The summed E-state index contributed by atoms with van der Waals surface area (Å²) >= 11 is 0. The second-order valence-electron chi connectivity index (χ2n) is 6.46. The number of benzene rings is 1. The zero-order valence-corrected chi connectivity index (χ0v) is 13.7. The van der Waals surface area contributed by atoms with Gasteiger partial charge in [-0.25, -0.2) is 0 Å². The highest BCUT2D eigenvalue weighted by Gasteiger charge is 2.35. The Morgan fingerprint density at radius 1 is 1.26 bits per heavy atom. The lowest BCUT2D eigenvalue weighted by molar-refractivity contribution is -0.152. The van der Waals surface area contributed by atoms with Gasteiger partial charge in [0, 0.05) is 26.1 Å². The number of nitrogens with zero attached hydrogens (tertiary/aromatic N) is 1. The van der Waals surface area contributed by atoms with Gasteiger partial charge in [0.05, 0.1) is 14.2 Å². The third kappa shape index (κ3) is 3.39. The maximum Gasteiger partial charge on any atom is 0.317 e. The summed E-state index contributed by atoms with van der Waals surface area (Å²) in [6, 6.07) is 6.27. The van der Waals surface area contributed by atoms with Crippen LogP contribution in [0.25, 0.3) is 0 Å². The van der Waals surface area contributed by atoms with Crippen LogP contribution in [0.4, 0.5) is 0 Å². The molecular weight excluding hydrogens is 294 g/mol. The van der Waals surface area contributed by atoms with Gasteiger partial charge in [-0.15, -0.1) is 0 Å².